The van der Waals surface area contributed by atoms with E-state index in [-0.39, 0.29) is 17.2 Å². The van der Waals surface area contributed by atoms with E-state index < -0.39 is 4.92 Å². The van der Waals surface area contributed by atoms with Gasteiger partial charge in [0.2, 0.25) is 0 Å². The van der Waals surface area contributed by atoms with E-state index in [1.165, 1.54) is 12.1 Å². The highest BCUT2D eigenvalue weighted by Crippen LogP contribution is 2.22. The highest BCUT2D eigenvalue weighted by Gasteiger charge is 2.17. The molecule has 21 heavy (non-hydrogen) atoms. The van der Waals surface area contributed by atoms with Gasteiger partial charge in [-0.25, -0.2) is 0 Å². The first-order valence-electron chi connectivity index (χ1n) is 6.20. The van der Waals surface area contributed by atoms with E-state index in [4.69, 9.17) is 0 Å². The second kappa shape index (κ2) is 6.20. The van der Waals surface area contributed by atoms with E-state index in [0.717, 1.165) is 5.69 Å². The highest BCUT2D eigenvalue weighted by atomic mass is 127. The molecule has 1 N–H and O–H groups in total. The lowest BCUT2D eigenvalue weighted by Gasteiger charge is -2.06. The van der Waals surface area contributed by atoms with Crippen LogP contribution >= 0.6 is 22.6 Å². The third-order valence-corrected chi connectivity index (χ3v) is 3.83. The Morgan fingerprint density at radius 1 is 1.52 bits per heavy atom. The molecule has 1 aromatic carbocycles. The molecule has 0 aliphatic carbocycles. The number of anilines is 1. The van der Waals surface area contributed by atoms with Crippen molar-refractivity contribution in [3.63, 3.8) is 0 Å². The Morgan fingerprint density at radius 2 is 2.24 bits per heavy atom. The van der Waals surface area contributed by atoms with Crippen molar-refractivity contribution in [2.45, 2.75) is 13.3 Å². The number of nitro benzene ring substituents is 1. The lowest BCUT2D eigenvalue weighted by atomic mass is 10.2. The summed E-state index contributed by atoms with van der Waals surface area (Å²) in [6, 6.07) is 4.21. The number of nitrogens with zero attached hydrogens (tertiary/aromatic N) is 3. The van der Waals surface area contributed by atoms with Gasteiger partial charge in [0.25, 0.3) is 11.6 Å². The Balaban J connectivity index is 2.31. The zero-order valence-corrected chi connectivity index (χ0v) is 13.6. The van der Waals surface area contributed by atoms with Crippen LogP contribution in [0.25, 0.3) is 0 Å². The van der Waals surface area contributed by atoms with Crippen molar-refractivity contribution in [1.29, 1.82) is 0 Å². The first-order valence-corrected chi connectivity index (χ1v) is 7.28. The van der Waals surface area contributed by atoms with Crippen LogP contribution in [0.15, 0.2) is 24.4 Å². The SMILES string of the molecule is CCc1nn(C)cc1NC(=O)c1cc([N+](=O)[O-])ccc1I. The smallest absolute Gasteiger partial charge is 0.270 e. The number of hydrogen-bond donors (Lipinski definition) is 1. The van der Waals surface area contributed by atoms with Crippen LogP contribution in [-0.2, 0) is 13.5 Å². The quantitative estimate of drug-likeness (QED) is 0.486. The fourth-order valence-corrected chi connectivity index (χ4v) is 2.47. The van der Waals surface area contributed by atoms with Crippen molar-refractivity contribution in [1.82, 2.24) is 9.78 Å². The molecule has 0 saturated carbocycles. The Kier molecular flexibility index (Phi) is 4.56. The van der Waals surface area contributed by atoms with E-state index >= 15 is 0 Å². The van der Waals surface area contributed by atoms with E-state index in [2.05, 4.69) is 10.4 Å². The monoisotopic (exact) mass is 400 g/mol. The number of carbonyl (C=O) groups is 1. The molecule has 0 aliphatic heterocycles. The number of halogens is 1. The molecule has 0 fully saturated rings. The summed E-state index contributed by atoms with van der Waals surface area (Å²) in [4.78, 5) is 22.6. The van der Waals surface area contributed by atoms with Gasteiger partial charge in [0, 0.05) is 28.9 Å². The lowest BCUT2D eigenvalue weighted by Crippen LogP contribution is -2.14. The molecule has 0 spiro atoms. The maximum Gasteiger partial charge on any atom is 0.270 e. The summed E-state index contributed by atoms with van der Waals surface area (Å²) in [6.07, 6.45) is 2.39. The Morgan fingerprint density at radius 3 is 2.86 bits per heavy atom. The number of nitrogens with one attached hydrogen (secondary N) is 1. The number of aromatic nitrogens is 2. The topological polar surface area (TPSA) is 90.1 Å². The maximum absolute atomic E-state index is 12.3. The molecule has 2 rings (SSSR count). The molecular weight excluding hydrogens is 387 g/mol. The minimum absolute atomic E-state index is 0.109. The van der Waals surface area contributed by atoms with Gasteiger partial charge in [-0.1, -0.05) is 6.92 Å². The first kappa shape index (κ1) is 15.4. The van der Waals surface area contributed by atoms with Gasteiger partial charge in [0.1, 0.15) is 0 Å². The average Bonchev–Trinajstić information content (AvgIpc) is 2.78. The van der Waals surface area contributed by atoms with E-state index in [9.17, 15) is 14.9 Å². The average molecular weight is 400 g/mol. The van der Waals surface area contributed by atoms with Crippen molar-refractivity contribution in [3.05, 3.63) is 49.3 Å². The summed E-state index contributed by atoms with van der Waals surface area (Å²) in [5, 5.41) is 17.8. The maximum atomic E-state index is 12.3. The van der Waals surface area contributed by atoms with Crippen molar-refractivity contribution < 1.29 is 9.72 Å². The minimum Gasteiger partial charge on any atom is -0.319 e. The van der Waals surface area contributed by atoms with Crippen LogP contribution < -0.4 is 5.32 Å². The Bertz CT molecular complexity index is 711. The van der Waals surface area contributed by atoms with Crippen molar-refractivity contribution in [2.75, 3.05) is 5.32 Å². The fourth-order valence-electron chi connectivity index (χ4n) is 1.89. The number of aryl methyl sites for hydroxylation is 2. The van der Waals surface area contributed by atoms with Crippen LogP contribution in [0.3, 0.4) is 0 Å². The second-order valence-corrected chi connectivity index (χ2v) is 5.55. The third kappa shape index (κ3) is 3.38. The number of rotatable bonds is 4. The van der Waals surface area contributed by atoms with Crippen LogP contribution in [0.2, 0.25) is 0 Å². The van der Waals surface area contributed by atoms with Gasteiger partial charge < -0.3 is 5.32 Å². The molecule has 1 aromatic heterocycles. The van der Waals surface area contributed by atoms with Crippen molar-refractivity contribution in [2.24, 2.45) is 7.05 Å². The van der Waals surface area contributed by atoms with Gasteiger partial charge in [-0.3, -0.25) is 19.6 Å². The predicted octanol–water partition coefficient (Wildman–Crippen LogP) is 2.75. The molecule has 1 amide bonds. The molecule has 0 aliphatic rings. The summed E-state index contributed by atoms with van der Waals surface area (Å²) < 4.78 is 2.27. The molecule has 0 unspecified atom stereocenters. The van der Waals surface area contributed by atoms with Gasteiger partial charge >= 0.3 is 0 Å². The van der Waals surface area contributed by atoms with Crippen molar-refractivity contribution in [3.8, 4) is 0 Å². The van der Waals surface area contributed by atoms with E-state index in [1.54, 1.807) is 24.0 Å². The predicted molar refractivity (Wildman–Crippen MR) is 86.4 cm³/mol. The molecule has 7 nitrogen and oxygen atoms in total. The van der Waals surface area contributed by atoms with Crippen LogP contribution in [0.1, 0.15) is 23.0 Å². The number of non-ortho nitro benzene ring substituents is 1. The van der Waals surface area contributed by atoms with Crippen LogP contribution in [0.4, 0.5) is 11.4 Å². The molecule has 8 heteroatoms. The molecule has 110 valence electrons. The summed E-state index contributed by atoms with van der Waals surface area (Å²) in [7, 11) is 1.77. The van der Waals surface area contributed by atoms with Gasteiger partial charge in [-0.05, 0) is 35.1 Å². The second-order valence-electron chi connectivity index (χ2n) is 4.39. The zero-order valence-electron chi connectivity index (χ0n) is 11.5. The minimum atomic E-state index is -0.519. The Labute approximate surface area is 134 Å². The normalized spacial score (nSPS) is 10.4. The van der Waals surface area contributed by atoms with E-state index in [0.29, 0.717) is 15.7 Å². The Hall–Kier alpha value is -1.97. The molecule has 2 aromatic rings. The van der Waals surface area contributed by atoms with Gasteiger partial charge in [-0.2, -0.15) is 5.10 Å². The zero-order chi connectivity index (χ0) is 15.6. The lowest BCUT2D eigenvalue weighted by molar-refractivity contribution is -0.384. The molecular formula is C13H13IN4O3. The standard InChI is InChI=1S/C13H13IN4O3/c1-3-11-12(7-17(2)16-11)15-13(19)9-6-8(18(20)21)4-5-10(9)14/h4-7H,3H2,1-2H3,(H,15,19). The van der Waals surface area contributed by atoms with Gasteiger partial charge in [-0.15, -0.1) is 0 Å². The molecule has 0 saturated heterocycles. The van der Waals surface area contributed by atoms with Crippen LogP contribution in [0, 0.1) is 13.7 Å². The number of benzene rings is 1. The van der Waals surface area contributed by atoms with Crippen LogP contribution in [-0.4, -0.2) is 20.6 Å². The number of hydrogen-bond acceptors (Lipinski definition) is 4. The molecule has 1 heterocycles. The third-order valence-electron chi connectivity index (χ3n) is 2.89. The molecule has 0 radical (unpaired) electrons. The van der Waals surface area contributed by atoms with E-state index in [1.807, 2.05) is 29.5 Å². The number of carbonyl (C=O) groups excluding carboxylic acids is 1. The van der Waals surface area contributed by atoms with Gasteiger partial charge in [0.05, 0.1) is 21.9 Å². The summed E-state index contributed by atoms with van der Waals surface area (Å²) in [6.45, 7) is 1.94. The highest BCUT2D eigenvalue weighted by molar-refractivity contribution is 14.1. The van der Waals surface area contributed by atoms with Crippen molar-refractivity contribution >= 4 is 39.9 Å². The summed E-state index contributed by atoms with van der Waals surface area (Å²) >= 11 is 1.98. The number of nitro groups is 1. The first-order chi connectivity index (χ1) is 9.92. The fraction of sp³-hybridized carbons (Fsp3) is 0.231. The van der Waals surface area contributed by atoms with Gasteiger partial charge in [0.15, 0.2) is 0 Å². The molecule has 0 atom stereocenters. The molecule has 0 bridgehead atoms. The summed E-state index contributed by atoms with van der Waals surface area (Å²) in [5.74, 6) is -0.384. The number of amides is 1. The largest absolute Gasteiger partial charge is 0.319 e. The summed E-state index contributed by atoms with van der Waals surface area (Å²) in [5.41, 5.74) is 1.55. The van der Waals surface area contributed by atoms with Crippen LogP contribution in [0.5, 0.6) is 0 Å².